The molecule has 1 aliphatic heterocycles. The van der Waals surface area contributed by atoms with Crippen LogP contribution in [0.5, 0.6) is 0 Å². The molecule has 1 fully saturated rings. The summed E-state index contributed by atoms with van der Waals surface area (Å²) < 4.78 is 0. The van der Waals surface area contributed by atoms with Crippen molar-refractivity contribution in [2.45, 2.75) is 18.8 Å². The highest BCUT2D eigenvalue weighted by atomic mass is 15.2. The number of nitrogen functional groups attached to an aromatic ring is 1. The summed E-state index contributed by atoms with van der Waals surface area (Å²) in [5.74, 6) is 1.80. The summed E-state index contributed by atoms with van der Waals surface area (Å²) >= 11 is 0. The molecule has 0 unspecified atom stereocenters. The topological polar surface area (TPSA) is 83.7 Å². The highest BCUT2D eigenvalue weighted by Gasteiger charge is 2.26. The number of H-pyrrole nitrogens is 1. The minimum absolute atomic E-state index is 0.396. The molecule has 1 aliphatic rings. The molecular formula is C18H20N6. The number of anilines is 2. The average Bonchev–Trinajstić information content (AvgIpc) is 3.12. The van der Waals surface area contributed by atoms with Crippen molar-refractivity contribution >= 4 is 11.6 Å². The van der Waals surface area contributed by atoms with Crippen molar-refractivity contribution in [1.29, 1.82) is 0 Å². The highest BCUT2D eigenvalue weighted by Crippen LogP contribution is 2.34. The van der Waals surface area contributed by atoms with Gasteiger partial charge in [0.1, 0.15) is 18.0 Å². The maximum atomic E-state index is 5.80. The summed E-state index contributed by atoms with van der Waals surface area (Å²) in [5, 5.41) is 7.52. The van der Waals surface area contributed by atoms with E-state index in [1.807, 2.05) is 18.3 Å². The summed E-state index contributed by atoms with van der Waals surface area (Å²) in [5.41, 5.74) is 9.39. The van der Waals surface area contributed by atoms with Gasteiger partial charge in [0.2, 0.25) is 0 Å². The molecule has 0 saturated carbocycles. The van der Waals surface area contributed by atoms with Gasteiger partial charge in [0.15, 0.2) is 0 Å². The molecule has 2 aromatic heterocycles. The van der Waals surface area contributed by atoms with Gasteiger partial charge in [-0.2, -0.15) is 5.10 Å². The number of rotatable bonds is 3. The van der Waals surface area contributed by atoms with Crippen LogP contribution >= 0.6 is 0 Å². The number of aromatic nitrogens is 4. The van der Waals surface area contributed by atoms with Gasteiger partial charge in [0, 0.05) is 36.3 Å². The largest absolute Gasteiger partial charge is 0.384 e. The molecular weight excluding hydrogens is 300 g/mol. The second kappa shape index (κ2) is 6.31. The second-order valence-corrected chi connectivity index (χ2v) is 6.15. The Bertz CT molecular complexity index is 813. The fraction of sp³-hybridized carbons (Fsp3) is 0.278. The Morgan fingerprint density at radius 1 is 1.17 bits per heavy atom. The summed E-state index contributed by atoms with van der Waals surface area (Å²) in [6.45, 7) is 1.89. The molecule has 0 spiro atoms. The van der Waals surface area contributed by atoms with Crippen molar-refractivity contribution in [3.8, 4) is 11.1 Å². The number of hydrogen-bond acceptors (Lipinski definition) is 5. The minimum Gasteiger partial charge on any atom is -0.384 e. The predicted octanol–water partition coefficient (Wildman–Crippen LogP) is 2.83. The molecule has 3 aromatic rings. The Hall–Kier alpha value is -2.89. The van der Waals surface area contributed by atoms with Crippen LogP contribution in [0.4, 0.5) is 11.6 Å². The van der Waals surface area contributed by atoms with Crippen LogP contribution in [0.3, 0.4) is 0 Å². The van der Waals surface area contributed by atoms with E-state index in [9.17, 15) is 0 Å². The van der Waals surface area contributed by atoms with Crippen molar-refractivity contribution in [2.75, 3.05) is 23.7 Å². The molecule has 122 valence electrons. The van der Waals surface area contributed by atoms with E-state index in [2.05, 4.69) is 49.3 Å². The first kappa shape index (κ1) is 14.7. The third kappa shape index (κ3) is 2.82. The molecule has 3 heterocycles. The van der Waals surface area contributed by atoms with Crippen LogP contribution in [0, 0.1) is 0 Å². The Balaban J connectivity index is 1.60. The average molecular weight is 320 g/mol. The van der Waals surface area contributed by atoms with Crippen LogP contribution in [-0.4, -0.2) is 33.3 Å². The summed E-state index contributed by atoms with van der Waals surface area (Å²) in [6.07, 6.45) is 5.70. The third-order valence-corrected chi connectivity index (χ3v) is 4.58. The van der Waals surface area contributed by atoms with Gasteiger partial charge in [0.05, 0.1) is 6.20 Å². The first-order valence-electron chi connectivity index (χ1n) is 8.22. The van der Waals surface area contributed by atoms with Crippen LogP contribution in [0.2, 0.25) is 0 Å². The zero-order valence-corrected chi connectivity index (χ0v) is 13.4. The van der Waals surface area contributed by atoms with Crippen LogP contribution in [0.1, 0.15) is 24.5 Å². The molecule has 4 rings (SSSR count). The number of nitrogens with two attached hydrogens (primary N) is 1. The lowest BCUT2D eigenvalue weighted by molar-refractivity contribution is 0.498. The van der Waals surface area contributed by atoms with E-state index in [4.69, 9.17) is 5.73 Å². The lowest BCUT2D eigenvalue weighted by Gasteiger charge is -2.33. The number of hydrogen-bond donors (Lipinski definition) is 2. The number of piperidine rings is 1. The third-order valence-electron chi connectivity index (χ3n) is 4.58. The van der Waals surface area contributed by atoms with Crippen molar-refractivity contribution in [1.82, 2.24) is 20.2 Å². The molecule has 0 radical (unpaired) electrons. The fourth-order valence-corrected chi connectivity index (χ4v) is 3.41. The van der Waals surface area contributed by atoms with Crippen LogP contribution in [-0.2, 0) is 0 Å². The maximum Gasteiger partial charge on any atom is 0.134 e. The van der Waals surface area contributed by atoms with E-state index >= 15 is 0 Å². The maximum absolute atomic E-state index is 5.80. The molecule has 1 aromatic carbocycles. The normalized spacial score (nSPS) is 17.8. The van der Waals surface area contributed by atoms with Crippen LogP contribution < -0.4 is 10.6 Å². The molecule has 24 heavy (non-hydrogen) atoms. The van der Waals surface area contributed by atoms with E-state index in [0.29, 0.717) is 11.7 Å². The zero-order valence-electron chi connectivity index (χ0n) is 13.4. The van der Waals surface area contributed by atoms with Crippen molar-refractivity contribution < 1.29 is 0 Å². The Morgan fingerprint density at radius 2 is 2.04 bits per heavy atom. The van der Waals surface area contributed by atoms with Gasteiger partial charge in [-0.1, -0.05) is 30.3 Å². The van der Waals surface area contributed by atoms with Gasteiger partial charge in [-0.05, 0) is 18.4 Å². The molecule has 0 amide bonds. The molecule has 3 N–H and O–H groups in total. The first-order valence-corrected chi connectivity index (χ1v) is 8.22. The van der Waals surface area contributed by atoms with Gasteiger partial charge >= 0.3 is 0 Å². The monoisotopic (exact) mass is 320 g/mol. The summed E-state index contributed by atoms with van der Waals surface area (Å²) in [6, 6.07) is 12.2. The quantitative estimate of drug-likeness (QED) is 0.775. The van der Waals surface area contributed by atoms with E-state index in [1.165, 1.54) is 23.1 Å². The molecule has 0 bridgehead atoms. The molecule has 0 aliphatic carbocycles. The Kier molecular flexibility index (Phi) is 3.86. The van der Waals surface area contributed by atoms with Crippen molar-refractivity contribution in [3.63, 3.8) is 0 Å². The number of nitrogens with one attached hydrogen (secondary N) is 1. The van der Waals surface area contributed by atoms with Crippen LogP contribution in [0.25, 0.3) is 11.1 Å². The number of nitrogens with zero attached hydrogens (tertiary/aromatic N) is 4. The lowest BCUT2D eigenvalue weighted by atomic mass is 9.90. The number of benzene rings is 1. The molecule has 1 atom stereocenters. The van der Waals surface area contributed by atoms with Crippen molar-refractivity contribution in [2.24, 2.45) is 0 Å². The predicted molar refractivity (Wildman–Crippen MR) is 94.7 cm³/mol. The van der Waals surface area contributed by atoms with Gasteiger partial charge in [-0.3, -0.25) is 5.10 Å². The van der Waals surface area contributed by atoms with Crippen LogP contribution in [0.15, 0.2) is 48.9 Å². The summed E-state index contributed by atoms with van der Waals surface area (Å²) in [7, 11) is 0. The van der Waals surface area contributed by atoms with Gasteiger partial charge in [-0.25, -0.2) is 9.97 Å². The van der Waals surface area contributed by atoms with E-state index in [0.717, 1.165) is 31.7 Å². The van der Waals surface area contributed by atoms with Gasteiger partial charge in [-0.15, -0.1) is 0 Å². The van der Waals surface area contributed by atoms with E-state index < -0.39 is 0 Å². The summed E-state index contributed by atoms with van der Waals surface area (Å²) in [4.78, 5) is 10.6. The van der Waals surface area contributed by atoms with Gasteiger partial charge < -0.3 is 10.6 Å². The minimum atomic E-state index is 0.396. The Morgan fingerprint density at radius 3 is 2.88 bits per heavy atom. The fourth-order valence-electron chi connectivity index (χ4n) is 3.41. The molecule has 6 heteroatoms. The first-order chi connectivity index (χ1) is 11.8. The van der Waals surface area contributed by atoms with Crippen molar-refractivity contribution in [3.05, 3.63) is 54.6 Å². The smallest absolute Gasteiger partial charge is 0.134 e. The lowest BCUT2D eigenvalue weighted by Crippen LogP contribution is -2.35. The second-order valence-electron chi connectivity index (χ2n) is 6.15. The van der Waals surface area contributed by atoms with E-state index in [-0.39, 0.29) is 0 Å². The number of aromatic amines is 1. The molecule has 1 saturated heterocycles. The molecule has 6 nitrogen and oxygen atoms in total. The standard InChI is InChI=1S/C18H20N6/c19-16-9-17(21-12-20-16)24-8-4-7-14(11-24)18-15(10-22-23-18)13-5-2-1-3-6-13/h1-3,5-6,9-10,12,14H,4,7-8,11H2,(H,22,23)(H2,19,20,21)/t14-/m0/s1. The zero-order chi connectivity index (χ0) is 16.4. The van der Waals surface area contributed by atoms with Gasteiger partial charge in [0.25, 0.3) is 0 Å². The highest BCUT2D eigenvalue weighted by molar-refractivity contribution is 5.66. The SMILES string of the molecule is Nc1cc(N2CCC[C@H](c3[nH]ncc3-c3ccccc3)C2)ncn1. The van der Waals surface area contributed by atoms with E-state index in [1.54, 1.807) is 0 Å². The Labute approximate surface area is 140 Å².